The van der Waals surface area contributed by atoms with E-state index in [4.69, 9.17) is 14.7 Å². The summed E-state index contributed by atoms with van der Waals surface area (Å²) in [6, 6.07) is 20.5. The van der Waals surface area contributed by atoms with E-state index in [0.717, 1.165) is 82.7 Å². The number of ether oxygens (including phenoxy) is 1. The molecule has 0 bridgehead atoms. The molecule has 1 aliphatic rings. The Hall–Kier alpha value is -3.82. The highest BCUT2D eigenvalue weighted by atomic mass is 32.2. The minimum atomic E-state index is 0. The van der Waals surface area contributed by atoms with E-state index in [1.165, 1.54) is 0 Å². The van der Waals surface area contributed by atoms with Crippen molar-refractivity contribution in [1.29, 1.82) is 0 Å². The Balaban J connectivity index is 0.00000308. The van der Waals surface area contributed by atoms with E-state index in [2.05, 4.69) is 56.5 Å². The number of H-pyrrole nitrogens is 1. The van der Waals surface area contributed by atoms with Crippen LogP contribution in [0.5, 0.6) is 5.75 Å². The predicted octanol–water partition coefficient (Wildman–Crippen LogP) is 6.03. The minimum absolute atomic E-state index is 0. The fourth-order valence-corrected chi connectivity index (χ4v) is 5.54. The number of aryl methyl sites for hydroxylation is 1. The van der Waals surface area contributed by atoms with Crippen molar-refractivity contribution in [1.82, 2.24) is 29.0 Å². The molecule has 1 saturated heterocycles. The van der Waals surface area contributed by atoms with Crippen LogP contribution in [0.1, 0.15) is 19.9 Å². The first-order valence-electron chi connectivity index (χ1n) is 13.0. The summed E-state index contributed by atoms with van der Waals surface area (Å²) in [6.07, 6.45) is 3.86. The summed E-state index contributed by atoms with van der Waals surface area (Å²) in [5.41, 5.74) is 5.73. The Morgan fingerprint density at radius 1 is 0.949 bits per heavy atom. The summed E-state index contributed by atoms with van der Waals surface area (Å²) in [7, 11) is 1.92. The third kappa shape index (κ3) is 5.94. The number of hydrogen-bond donors (Lipinski definition) is 1. The molecule has 0 unspecified atom stereocenters. The molecule has 5 aromatic rings. The maximum atomic E-state index is 6.25. The van der Waals surface area contributed by atoms with Gasteiger partial charge >= 0.3 is 0 Å². The Labute approximate surface area is 234 Å². The number of pyridine rings is 1. The van der Waals surface area contributed by atoms with Crippen LogP contribution >= 0.6 is 11.9 Å². The molecular weight excluding hydrogens is 506 g/mol. The van der Waals surface area contributed by atoms with Crippen LogP contribution in [0.2, 0.25) is 0 Å². The van der Waals surface area contributed by atoms with Crippen LogP contribution < -0.4 is 9.64 Å². The van der Waals surface area contributed by atoms with E-state index in [1.54, 1.807) is 4.68 Å². The van der Waals surface area contributed by atoms with Gasteiger partial charge in [-0.05, 0) is 35.9 Å². The monoisotopic (exact) mass is 541 g/mol. The van der Waals surface area contributed by atoms with Crippen molar-refractivity contribution in [3.63, 3.8) is 0 Å². The number of nitrogens with zero attached hydrogens (tertiary/aromatic N) is 6. The zero-order valence-electron chi connectivity index (χ0n) is 21.7. The molecule has 0 amide bonds. The van der Waals surface area contributed by atoms with Gasteiger partial charge in [0, 0.05) is 61.9 Å². The number of benzene rings is 2. The molecule has 0 atom stereocenters. The molecular formula is C30H35N7OS. The molecule has 6 rings (SSSR count). The van der Waals surface area contributed by atoms with E-state index >= 15 is 0 Å². The van der Waals surface area contributed by atoms with E-state index in [9.17, 15) is 0 Å². The van der Waals surface area contributed by atoms with Gasteiger partial charge in [-0.15, -0.1) is 0 Å². The first-order valence-corrected chi connectivity index (χ1v) is 13.9. The fraction of sp³-hybridized carbons (Fsp3) is 0.300. The number of hydrogen-bond acceptors (Lipinski definition) is 7. The molecule has 1 aliphatic heterocycles. The Bertz CT molecular complexity index is 1520. The van der Waals surface area contributed by atoms with Gasteiger partial charge in [-0.1, -0.05) is 56.6 Å². The fourth-order valence-electron chi connectivity index (χ4n) is 4.75. The van der Waals surface area contributed by atoms with Crippen molar-refractivity contribution in [2.75, 3.05) is 36.8 Å². The Morgan fingerprint density at radius 2 is 1.77 bits per heavy atom. The zero-order chi connectivity index (χ0) is 25.9. The molecule has 9 heteroatoms. The highest BCUT2D eigenvalue weighted by molar-refractivity contribution is 7.96. The lowest BCUT2D eigenvalue weighted by Gasteiger charge is -2.34. The van der Waals surface area contributed by atoms with Crippen LogP contribution in [0, 0.1) is 0 Å². The Kier molecular flexibility index (Phi) is 8.18. The van der Waals surface area contributed by atoms with Crippen molar-refractivity contribution in [3.05, 3.63) is 78.6 Å². The first-order chi connectivity index (χ1) is 18.7. The highest BCUT2D eigenvalue weighted by Crippen LogP contribution is 2.34. The van der Waals surface area contributed by atoms with Gasteiger partial charge in [-0.2, -0.15) is 5.10 Å². The van der Waals surface area contributed by atoms with Crippen LogP contribution in [0.25, 0.3) is 33.7 Å². The number of anilines is 1. The lowest BCUT2D eigenvalue weighted by atomic mass is 10.0. The normalized spacial score (nSPS) is 13.9. The lowest BCUT2D eigenvalue weighted by Crippen LogP contribution is -2.43. The topological polar surface area (TPSA) is 75.1 Å². The third-order valence-corrected chi connectivity index (χ3v) is 7.70. The van der Waals surface area contributed by atoms with Gasteiger partial charge in [0.15, 0.2) is 5.65 Å². The second-order valence-corrected chi connectivity index (χ2v) is 10.7. The SMILES string of the molecule is C.CCSN1CCN(c2ccc3[nH]c(-c4ccc(OCc5ccccc5)c(-c5cnn(C)c5)c4)nc3n2)CC1. The molecule has 202 valence electrons. The molecule has 0 aliphatic carbocycles. The summed E-state index contributed by atoms with van der Waals surface area (Å²) in [4.78, 5) is 15.6. The maximum absolute atomic E-state index is 6.25. The number of piperazine rings is 1. The average Bonchev–Trinajstić information content (AvgIpc) is 3.59. The van der Waals surface area contributed by atoms with Crippen LogP contribution in [0.4, 0.5) is 5.82 Å². The first kappa shape index (κ1) is 26.8. The number of nitrogens with one attached hydrogen (secondary N) is 1. The predicted molar refractivity (Wildman–Crippen MR) is 161 cm³/mol. The van der Waals surface area contributed by atoms with E-state index in [0.29, 0.717) is 6.61 Å². The zero-order valence-corrected chi connectivity index (χ0v) is 22.5. The second kappa shape index (κ2) is 11.9. The van der Waals surface area contributed by atoms with E-state index in [1.807, 2.05) is 61.7 Å². The van der Waals surface area contributed by atoms with Gasteiger partial charge in [0.25, 0.3) is 0 Å². The highest BCUT2D eigenvalue weighted by Gasteiger charge is 2.19. The molecule has 4 heterocycles. The third-order valence-electron chi connectivity index (χ3n) is 6.71. The lowest BCUT2D eigenvalue weighted by molar-refractivity contribution is 0.307. The number of imidazole rings is 1. The van der Waals surface area contributed by atoms with Crippen LogP contribution in [-0.2, 0) is 13.7 Å². The molecule has 3 aromatic heterocycles. The smallest absolute Gasteiger partial charge is 0.180 e. The minimum Gasteiger partial charge on any atom is -0.488 e. The molecule has 2 aromatic carbocycles. The summed E-state index contributed by atoms with van der Waals surface area (Å²) in [5.74, 6) is 3.69. The number of aromatic nitrogens is 5. The molecule has 1 N–H and O–H groups in total. The van der Waals surface area contributed by atoms with Gasteiger partial charge in [0.1, 0.15) is 24.0 Å². The Morgan fingerprint density at radius 3 is 2.51 bits per heavy atom. The molecule has 8 nitrogen and oxygen atoms in total. The number of rotatable bonds is 8. The standard InChI is InChI=1S/C29H31N7OS.CH4/c1-3-38-36-15-13-35(14-16-36)27-12-10-25-29(32-27)33-28(31-25)22-9-11-26(37-20-21-7-5-4-6-8-21)24(17-22)23-18-30-34(2)19-23;/h4-12,17-19H,3,13-16,20H2,1-2H3,(H,31,32,33);1H4. The van der Waals surface area contributed by atoms with Gasteiger partial charge in [-0.25, -0.2) is 14.3 Å². The van der Waals surface area contributed by atoms with Gasteiger partial charge in [0.05, 0.1) is 11.7 Å². The summed E-state index contributed by atoms with van der Waals surface area (Å²) >= 11 is 1.91. The van der Waals surface area contributed by atoms with Gasteiger partial charge in [-0.3, -0.25) is 4.68 Å². The molecule has 0 spiro atoms. The van der Waals surface area contributed by atoms with Gasteiger partial charge < -0.3 is 14.6 Å². The van der Waals surface area contributed by atoms with Crippen molar-refractivity contribution in [2.45, 2.75) is 21.0 Å². The number of aromatic amines is 1. The second-order valence-electron chi connectivity index (χ2n) is 9.35. The maximum Gasteiger partial charge on any atom is 0.180 e. The number of fused-ring (bicyclic) bond motifs is 1. The van der Waals surface area contributed by atoms with Crippen molar-refractivity contribution in [3.8, 4) is 28.3 Å². The van der Waals surface area contributed by atoms with Crippen LogP contribution in [0.15, 0.2) is 73.1 Å². The van der Waals surface area contributed by atoms with Gasteiger partial charge in [0.2, 0.25) is 0 Å². The summed E-state index contributed by atoms with van der Waals surface area (Å²) < 4.78 is 10.5. The van der Waals surface area contributed by atoms with Crippen molar-refractivity contribution >= 4 is 28.9 Å². The molecule has 0 radical (unpaired) electrons. The molecule has 1 fully saturated rings. The largest absolute Gasteiger partial charge is 0.488 e. The van der Waals surface area contributed by atoms with Crippen LogP contribution in [0.3, 0.4) is 0 Å². The molecule has 0 saturated carbocycles. The quantitative estimate of drug-likeness (QED) is 0.240. The summed E-state index contributed by atoms with van der Waals surface area (Å²) in [5, 5.41) is 4.38. The average molecular weight is 542 g/mol. The van der Waals surface area contributed by atoms with Crippen LogP contribution in [-0.4, -0.2) is 61.0 Å². The van der Waals surface area contributed by atoms with Crippen molar-refractivity contribution < 1.29 is 4.74 Å². The summed E-state index contributed by atoms with van der Waals surface area (Å²) in [6.45, 7) is 6.73. The molecule has 39 heavy (non-hydrogen) atoms. The van der Waals surface area contributed by atoms with E-state index < -0.39 is 0 Å². The van der Waals surface area contributed by atoms with E-state index in [-0.39, 0.29) is 7.43 Å². The van der Waals surface area contributed by atoms with Crippen molar-refractivity contribution in [2.24, 2.45) is 7.05 Å².